The zero-order valence-electron chi connectivity index (χ0n) is 22.5. The lowest BCUT2D eigenvalue weighted by Gasteiger charge is -2.35. The van der Waals surface area contributed by atoms with E-state index in [1.165, 1.54) is 5.57 Å². The van der Waals surface area contributed by atoms with E-state index >= 15 is 0 Å². The Morgan fingerprint density at radius 2 is 1.86 bits per heavy atom. The van der Waals surface area contributed by atoms with Gasteiger partial charge in [-0.3, -0.25) is 9.59 Å². The lowest BCUT2D eigenvalue weighted by atomic mass is 9.71. The van der Waals surface area contributed by atoms with Crippen LogP contribution in [-0.2, 0) is 14.3 Å². The number of esters is 1. The minimum Gasteiger partial charge on any atom is -0.457 e. The zero-order valence-corrected chi connectivity index (χ0v) is 23.3. The monoisotopic (exact) mass is 505 g/mol. The summed E-state index contributed by atoms with van der Waals surface area (Å²) in [4.78, 5) is 30.6. The number of carbonyl (C=O) groups excluding carboxylic acids is 2. The Balaban J connectivity index is 2.37. The molecule has 0 bridgehead atoms. The summed E-state index contributed by atoms with van der Waals surface area (Å²) in [6.07, 6.45) is 3.47. The molecule has 0 amide bonds. The second-order valence-electron chi connectivity index (χ2n) is 10.9. The molecule has 2 N–H and O–H groups in total. The molecular formula is C28H43NO5S. The number of thiazole rings is 1. The summed E-state index contributed by atoms with van der Waals surface area (Å²) in [5.74, 6) is -1.32. The number of aliphatic hydroxyl groups is 2. The minimum atomic E-state index is -1.22. The number of aliphatic hydroxyl groups excluding tert-OH is 2. The zero-order chi connectivity index (χ0) is 26.5. The number of nitrogens with zero attached hydrogens (tertiary/aromatic N) is 1. The van der Waals surface area contributed by atoms with Crippen LogP contribution in [0.1, 0.15) is 84.9 Å². The fourth-order valence-electron chi connectivity index (χ4n) is 4.55. The summed E-state index contributed by atoms with van der Waals surface area (Å²) in [5, 5.41) is 24.7. The molecule has 0 saturated carbocycles. The van der Waals surface area contributed by atoms with E-state index in [2.05, 4.69) is 24.9 Å². The van der Waals surface area contributed by atoms with Crippen LogP contribution in [0.2, 0.25) is 0 Å². The van der Waals surface area contributed by atoms with Crippen molar-refractivity contribution in [1.29, 1.82) is 0 Å². The third-order valence-electron chi connectivity index (χ3n) is 7.66. The average molecular weight is 506 g/mol. The van der Waals surface area contributed by atoms with Gasteiger partial charge in [0.05, 0.1) is 34.7 Å². The summed E-state index contributed by atoms with van der Waals surface area (Å²) in [6, 6.07) is 0. The molecule has 6 nitrogen and oxygen atoms in total. The topological polar surface area (TPSA) is 96.7 Å². The molecule has 196 valence electrons. The predicted molar refractivity (Wildman–Crippen MR) is 141 cm³/mol. The molecule has 1 aliphatic heterocycles. The van der Waals surface area contributed by atoms with Crippen molar-refractivity contribution in [2.45, 2.75) is 99.4 Å². The Morgan fingerprint density at radius 1 is 1.20 bits per heavy atom. The number of carbonyl (C=O) groups is 2. The Kier molecular flexibility index (Phi) is 10.4. The third-order valence-corrected chi connectivity index (χ3v) is 8.45. The van der Waals surface area contributed by atoms with Crippen molar-refractivity contribution in [3.05, 3.63) is 33.3 Å². The molecule has 0 aromatic carbocycles. The molecule has 0 saturated heterocycles. The molecule has 6 atom stereocenters. The highest BCUT2D eigenvalue weighted by Crippen LogP contribution is 2.34. The molecule has 0 aliphatic carbocycles. The molecule has 1 aromatic rings. The number of ether oxygens (including phenoxy) is 1. The second-order valence-corrected chi connectivity index (χ2v) is 12.0. The number of Topliss-reactive ketones (excluding diaryl/α,β-unsaturated/α-hetero) is 1. The van der Waals surface area contributed by atoms with E-state index in [1.54, 1.807) is 32.1 Å². The van der Waals surface area contributed by atoms with Gasteiger partial charge >= 0.3 is 5.97 Å². The van der Waals surface area contributed by atoms with Gasteiger partial charge in [-0.05, 0) is 57.1 Å². The molecule has 1 aliphatic rings. The first-order chi connectivity index (χ1) is 16.2. The van der Waals surface area contributed by atoms with Crippen LogP contribution in [0, 0.1) is 30.1 Å². The average Bonchev–Trinajstić information content (AvgIpc) is 3.21. The summed E-state index contributed by atoms with van der Waals surface area (Å²) >= 11 is 1.56. The quantitative estimate of drug-likeness (QED) is 0.406. The molecule has 1 aromatic heterocycles. The molecule has 35 heavy (non-hydrogen) atoms. The van der Waals surface area contributed by atoms with Crippen molar-refractivity contribution in [3.8, 4) is 0 Å². The maximum atomic E-state index is 13.3. The Morgan fingerprint density at radius 3 is 2.46 bits per heavy atom. The van der Waals surface area contributed by atoms with Crippen molar-refractivity contribution in [3.63, 3.8) is 0 Å². The van der Waals surface area contributed by atoms with Gasteiger partial charge in [-0.25, -0.2) is 4.98 Å². The number of allylic oxidation sites excluding steroid dienone is 1. The van der Waals surface area contributed by atoms with E-state index in [4.69, 9.17) is 4.74 Å². The SMILES string of the molecule is C/C1=C/C[C@@H](/C(C)=C/c2csc(C)n2)OC(=O)C[C@H](O)C(C)(C)C(=O)[C@H](C)[C@@H](O)[C@@H](C)[C@H](C)CC1. The van der Waals surface area contributed by atoms with Crippen molar-refractivity contribution < 1.29 is 24.5 Å². The van der Waals surface area contributed by atoms with Crippen molar-refractivity contribution in [2.24, 2.45) is 23.2 Å². The Labute approximate surface area is 214 Å². The van der Waals surface area contributed by atoms with Gasteiger partial charge < -0.3 is 14.9 Å². The van der Waals surface area contributed by atoms with E-state index < -0.39 is 35.6 Å². The van der Waals surface area contributed by atoms with Crippen LogP contribution in [0.4, 0.5) is 0 Å². The first kappa shape index (κ1) is 29.4. The number of aryl methyl sites for hydroxylation is 1. The fraction of sp³-hybridized carbons (Fsp3) is 0.679. The molecule has 0 radical (unpaired) electrons. The highest BCUT2D eigenvalue weighted by molar-refractivity contribution is 7.09. The minimum absolute atomic E-state index is 0.0768. The number of hydrogen-bond donors (Lipinski definition) is 2. The number of hydrogen-bond acceptors (Lipinski definition) is 7. The van der Waals surface area contributed by atoms with E-state index in [1.807, 2.05) is 32.2 Å². The second kappa shape index (κ2) is 12.4. The van der Waals surface area contributed by atoms with Crippen LogP contribution in [0.15, 0.2) is 22.6 Å². The molecular weight excluding hydrogens is 462 g/mol. The van der Waals surface area contributed by atoms with Crippen LogP contribution in [-0.4, -0.2) is 45.3 Å². The summed E-state index contributed by atoms with van der Waals surface area (Å²) in [5.41, 5.74) is 1.69. The lowest BCUT2D eigenvalue weighted by Crippen LogP contribution is -2.46. The summed E-state index contributed by atoms with van der Waals surface area (Å²) < 4.78 is 5.83. The maximum Gasteiger partial charge on any atom is 0.309 e. The third kappa shape index (κ3) is 7.83. The molecule has 0 unspecified atom stereocenters. The van der Waals surface area contributed by atoms with E-state index in [9.17, 15) is 19.8 Å². The number of ketones is 1. The number of cyclic esters (lactones) is 1. The van der Waals surface area contributed by atoms with Crippen LogP contribution >= 0.6 is 11.3 Å². The van der Waals surface area contributed by atoms with Crippen LogP contribution < -0.4 is 0 Å². The summed E-state index contributed by atoms with van der Waals surface area (Å²) in [6.45, 7) is 15.0. The van der Waals surface area contributed by atoms with Gasteiger partial charge in [0.1, 0.15) is 11.9 Å². The van der Waals surface area contributed by atoms with Crippen molar-refractivity contribution >= 4 is 29.2 Å². The standard InChI is InChI=1S/C28H43NO5S/c1-16-9-11-17(2)19(4)26(32)20(5)27(33)28(7,8)24(30)14-25(31)34-23(12-10-16)18(3)13-22-15-35-21(6)29-22/h10,13,15,17,19-20,23-24,26,30,32H,9,11-12,14H2,1-8H3/b16-10-,18-13+/t17-,19+,20-,23+,24+,26+/m1/s1. The highest BCUT2D eigenvalue weighted by atomic mass is 32.1. The number of aromatic nitrogens is 1. The Bertz CT molecular complexity index is 947. The molecule has 2 rings (SSSR count). The predicted octanol–water partition coefficient (Wildman–Crippen LogP) is 5.51. The highest BCUT2D eigenvalue weighted by Gasteiger charge is 2.42. The van der Waals surface area contributed by atoms with Gasteiger partial charge in [0, 0.05) is 17.7 Å². The van der Waals surface area contributed by atoms with Crippen LogP contribution in [0.5, 0.6) is 0 Å². The molecule has 0 fully saturated rings. The molecule has 2 heterocycles. The lowest BCUT2D eigenvalue weighted by molar-refractivity contribution is -0.154. The van der Waals surface area contributed by atoms with E-state index in [-0.39, 0.29) is 24.0 Å². The van der Waals surface area contributed by atoms with E-state index in [0.717, 1.165) is 29.1 Å². The van der Waals surface area contributed by atoms with Crippen LogP contribution in [0.25, 0.3) is 6.08 Å². The van der Waals surface area contributed by atoms with Gasteiger partial charge in [-0.2, -0.15) is 0 Å². The molecule has 7 heteroatoms. The van der Waals surface area contributed by atoms with Gasteiger partial charge in [0.25, 0.3) is 0 Å². The fourth-order valence-corrected chi connectivity index (χ4v) is 5.12. The van der Waals surface area contributed by atoms with Gasteiger partial charge in [0.15, 0.2) is 0 Å². The Hall–Kier alpha value is -1.83. The van der Waals surface area contributed by atoms with Gasteiger partial charge in [-0.1, -0.05) is 46.3 Å². The van der Waals surface area contributed by atoms with Crippen molar-refractivity contribution in [2.75, 3.05) is 0 Å². The summed E-state index contributed by atoms with van der Waals surface area (Å²) in [7, 11) is 0. The molecule has 0 spiro atoms. The first-order valence-electron chi connectivity index (χ1n) is 12.6. The maximum absolute atomic E-state index is 13.3. The van der Waals surface area contributed by atoms with Crippen molar-refractivity contribution in [1.82, 2.24) is 4.98 Å². The van der Waals surface area contributed by atoms with Gasteiger partial charge in [-0.15, -0.1) is 11.3 Å². The van der Waals surface area contributed by atoms with E-state index in [0.29, 0.717) is 6.42 Å². The van der Waals surface area contributed by atoms with Crippen LogP contribution in [0.3, 0.4) is 0 Å². The largest absolute Gasteiger partial charge is 0.457 e. The first-order valence-corrected chi connectivity index (χ1v) is 13.5. The smallest absolute Gasteiger partial charge is 0.309 e. The van der Waals surface area contributed by atoms with Gasteiger partial charge in [0.2, 0.25) is 0 Å². The number of rotatable bonds is 2. The normalized spacial score (nSPS) is 33.7.